The lowest BCUT2D eigenvalue weighted by Gasteiger charge is -2.22. The Kier molecular flexibility index (Phi) is 4.60. The molecule has 0 aliphatic carbocycles. The van der Waals surface area contributed by atoms with E-state index >= 15 is 0 Å². The van der Waals surface area contributed by atoms with Crippen LogP contribution in [0.2, 0.25) is 0 Å². The molecule has 1 saturated heterocycles. The topological polar surface area (TPSA) is 46.6 Å². The number of likely N-dealkylation sites (tertiary alicyclic amines) is 1. The van der Waals surface area contributed by atoms with Gasteiger partial charge in [-0.3, -0.25) is 4.79 Å². The van der Waals surface area contributed by atoms with Crippen molar-refractivity contribution < 1.29 is 14.3 Å². The molecular weight excluding hydrogens is 194 g/mol. The predicted molar refractivity (Wildman–Crippen MR) is 55.9 cm³/mol. The monoisotopic (exact) mass is 209 g/mol. The van der Waals surface area contributed by atoms with Gasteiger partial charge in [-0.05, 0) is 18.9 Å². The van der Waals surface area contributed by atoms with Crippen molar-refractivity contribution in [3.8, 4) is 0 Å². The van der Waals surface area contributed by atoms with E-state index in [9.17, 15) is 9.59 Å². The van der Waals surface area contributed by atoms with Gasteiger partial charge in [0, 0.05) is 25.2 Å². The third kappa shape index (κ3) is 3.97. The zero-order valence-electron chi connectivity index (χ0n) is 8.81. The highest BCUT2D eigenvalue weighted by Gasteiger charge is 2.14. The van der Waals surface area contributed by atoms with Gasteiger partial charge < -0.3 is 9.64 Å². The second-order valence-electron chi connectivity index (χ2n) is 3.27. The lowest BCUT2D eigenvalue weighted by molar-refractivity contribution is -0.134. The molecule has 4 nitrogen and oxygen atoms in total. The highest BCUT2D eigenvalue weighted by Crippen LogP contribution is 2.10. The minimum Gasteiger partial charge on any atom is -0.466 e. The molecular formula is C11H15NO3. The Morgan fingerprint density at radius 2 is 2.20 bits per heavy atom. The maximum atomic E-state index is 11.3. The molecule has 0 aromatic carbocycles. The first-order chi connectivity index (χ1) is 7.24. The first kappa shape index (κ1) is 11.5. The van der Waals surface area contributed by atoms with Gasteiger partial charge in [0.15, 0.2) is 0 Å². The summed E-state index contributed by atoms with van der Waals surface area (Å²) in [4.78, 5) is 23.7. The minimum atomic E-state index is -0.398. The van der Waals surface area contributed by atoms with E-state index in [0.29, 0.717) is 6.42 Å². The van der Waals surface area contributed by atoms with Crippen molar-refractivity contribution in [1.29, 1.82) is 0 Å². The second kappa shape index (κ2) is 6.01. The number of methoxy groups -OCH3 is 1. The van der Waals surface area contributed by atoms with E-state index in [2.05, 4.69) is 4.74 Å². The maximum absolute atomic E-state index is 11.3. The standard InChI is InChI=1S/C11H15NO3/c1-15-11(14)7-3-5-9-12-8-4-2-6-10(12)13/h3,5,7,9H,2,4,6,8H2,1H3/b7-3+,9-5-. The van der Waals surface area contributed by atoms with Crippen LogP contribution in [0, 0.1) is 0 Å². The quantitative estimate of drug-likeness (QED) is 0.399. The van der Waals surface area contributed by atoms with E-state index in [1.54, 1.807) is 23.3 Å². The van der Waals surface area contributed by atoms with E-state index < -0.39 is 5.97 Å². The molecule has 0 radical (unpaired) electrons. The van der Waals surface area contributed by atoms with Crippen LogP contribution in [0.25, 0.3) is 0 Å². The maximum Gasteiger partial charge on any atom is 0.330 e. The van der Waals surface area contributed by atoms with Gasteiger partial charge >= 0.3 is 5.97 Å². The smallest absolute Gasteiger partial charge is 0.330 e. The Morgan fingerprint density at radius 1 is 1.40 bits per heavy atom. The number of carbonyl (C=O) groups is 2. The fourth-order valence-corrected chi connectivity index (χ4v) is 1.34. The number of hydrogen-bond donors (Lipinski definition) is 0. The fraction of sp³-hybridized carbons (Fsp3) is 0.455. The molecule has 0 spiro atoms. The molecule has 0 unspecified atom stereocenters. The molecule has 1 heterocycles. The first-order valence-corrected chi connectivity index (χ1v) is 4.96. The number of nitrogens with zero attached hydrogens (tertiary/aromatic N) is 1. The molecule has 0 N–H and O–H groups in total. The average molecular weight is 209 g/mol. The molecule has 1 rings (SSSR count). The Bertz CT molecular complexity index is 294. The number of ether oxygens (including phenoxy) is 1. The summed E-state index contributed by atoms with van der Waals surface area (Å²) in [6, 6.07) is 0. The molecule has 1 amide bonds. The van der Waals surface area contributed by atoms with Gasteiger partial charge in [-0.15, -0.1) is 0 Å². The first-order valence-electron chi connectivity index (χ1n) is 4.96. The molecule has 0 bridgehead atoms. The van der Waals surface area contributed by atoms with Crippen molar-refractivity contribution in [3.05, 3.63) is 24.4 Å². The normalized spacial score (nSPS) is 17.7. The van der Waals surface area contributed by atoms with Crippen LogP contribution in [0.4, 0.5) is 0 Å². The van der Waals surface area contributed by atoms with E-state index in [0.717, 1.165) is 19.4 Å². The largest absolute Gasteiger partial charge is 0.466 e. The van der Waals surface area contributed by atoms with Crippen molar-refractivity contribution in [2.45, 2.75) is 19.3 Å². The Morgan fingerprint density at radius 3 is 2.87 bits per heavy atom. The fourth-order valence-electron chi connectivity index (χ4n) is 1.34. The highest BCUT2D eigenvalue weighted by molar-refractivity contribution is 5.82. The van der Waals surface area contributed by atoms with Crippen molar-refractivity contribution in [2.75, 3.05) is 13.7 Å². The van der Waals surface area contributed by atoms with Gasteiger partial charge in [-0.25, -0.2) is 4.79 Å². The molecule has 1 aliphatic heterocycles. The highest BCUT2D eigenvalue weighted by atomic mass is 16.5. The number of amides is 1. The van der Waals surface area contributed by atoms with Gasteiger partial charge in [0.2, 0.25) is 5.91 Å². The molecule has 1 aliphatic rings. The third-order valence-corrected chi connectivity index (χ3v) is 2.17. The van der Waals surface area contributed by atoms with E-state index in [1.807, 2.05) is 0 Å². The zero-order valence-corrected chi connectivity index (χ0v) is 8.81. The van der Waals surface area contributed by atoms with E-state index in [-0.39, 0.29) is 5.91 Å². The second-order valence-corrected chi connectivity index (χ2v) is 3.27. The van der Waals surface area contributed by atoms with Crippen LogP contribution in [0.3, 0.4) is 0 Å². The summed E-state index contributed by atoms with van der Waals surface area (Å²) in [5.74, 6) is -0.256. The summed E-state index contributed by atoms with van der Waals surface area (Å²) >= 11 is 0. The molecule has 1 fully saturated rings. The lowest BCUT2D eigenvalue weighted by Crippen LogP contribution is -2.30. The van der Waals surface area contributed by atoms with Crippen molar-refractivity contribution >= 4 is 11.9 Å². The van der Waals surface area contributed by atoms with Gasteiger partial charge in [0.05, 0.1) is 7.11 Å². The number of carbonyl (C=O) groups excluding carboxylic acids is 2. The molecule has 0 atom stereocenters. The molecule has 0 saturated carbocycles. The lowest BCUT2D eigenvalue weighted by atomic mass is 10.1. The summed E-state index contributed by atoms with van der Waals surface area (Å²) in [5.41, 5.74) is 0. The summed E-state index contributed by atoms with van der Waals surface area (Å²) in [6.07, 6.45) is 8.86. The van der Waals surface area contributed by atoms with Crippen LogP contribution < -0.4 is 0 Å². The number of rotatable bonds is 3. The van der Waals surface area contributed by atoms with Crippen LogP contribution in [0.1, 0.15) is 19.3 Å². The Labute approximate surface area is 89.2 Å². The van der Waals surface area contributed by atoms with Gasteiger partial charge in [0.25, 0.3) is 0 Å². The molecule has 15 heavy (non-hydrogen) atoms. The summed E-state index contributed by atoms with van der Waals surface area (Å²) < 4.78 is 4.42. The summed E-state index contributed by atoms with van der Waals surface area (Å²) in [5, 5.41) is 0. The van der Waals surface area contributed by atoms with Crippen LogP contribution in [-0.2, 0) is 14.3 Å². The number of hydrogen-bond acceptors (Lipinski definition) is 3. The molecule has 4 heteroatoms. The van der Waals surface area contributed by atoms with Crippen LogP contribution >= 0.6 is 0 Å². The number of esters is 1. The Hall–Kier alpha value is -1.58. The number of allylic oxidation sites excluding steroid dienone is 2. The Balaban J connectivity index is 2.39. The van der Waals surface area contributed by atoms with Gasteiger partial charge in [-0.2, -0.15) is 0 Å². The van der Waals surface area contributed by atoms with Gasteiger partial charge in [0.1, 0.15) is 0 Å². The third-order valence-electron chi connectivity index (χ3n) is 2.17. The molecule has 82 valence electrons. The van der Waals surface area contributed by atoms with Gasteiger partial charge in [-0.1, -0.05) is 6.08 Å². The zero-order chi connectivity index (χ0) is 11.1. The van der Waals surface area contributed by atoms with Crippen molar-refractivity contribution in [3.63, 3.8) is 0 Å². The summed E-state index contributed by atoms with van der Waals surface area (Å²) in [7, 11) is 1.32. The number of piperidine rings is 1. The molecule has 0 aromatic heterocycles. The van der Waals surface area contributed by atoms with E-state index in [4.69, 9.17) is 0 Å². The SMILES string of the molecule is COC(=O)/C=C/C=C\N1CCCCC1=O. The van der Waals surface area contributed by atoms with Crippen LogP contribution in [0.15, 0.2) is 24.4 Å². The summed E-state index contributed by atoms with van der Waals surface area (Å²) in [6.45, 7) is 0.765. The predicted octanol–water partition coefficient (Wildman–Crippen LogP) is 1.24. The average Bonchev–Trinajstić information content (AvgIpc) is 2.26. The van der Waals surface area contributed by atoms with Crippen LogP contribution in [0.5, 0.6) is 0 Å². The molecule has 0 aromatic rings. The van der Waals surface area contributed by atoms with Crippen molar-refractivity contribution in [2.24, 2.45) is 0 Å². The minimum absolute atomic E-state index is 0.143. The van der Waals surface area contributed by atoms with Crippen LogP contribution in [-0.4, -0.2) is 30.4 Å². The van der Waals surface area contributed by atoms with Crippen molar-refractivity contribution in [1.82, 2.24) is 4.90 Å². The van der Waals surface area contributed by atoms with E-state index in [1.165, 1.54) is 13.2 Å².